The molecule has 8 aromatic carbocycles. The Balaban J connectivity index is 1.32. The first-order chi connectivity index (χ1) is 27.3. The molecule has 12 rings (SSSR count). The molecule has 1 fully saturated rings. The summed E-state index contributed by atoms with van der Waals surface area (Å²) in [6.07, 6.45) is 6.00. The smallest absolute Gasteiger partial charge is 0.165 e. The van der Waals surface area contributed by atoms with Crippen molar-refractivity contribution in [3.05, 3.63) is 175 Å². The molecule has 260 valence electrons. The summed E-state index contributed by atoms with van der Waals surface area (Å²) in [5, 5.41) is 7.75. The third-order valence-electron chi connectivity index (χ3n) is 12.7. The van der Waals surface area contributed by atoms with Crippen LogP contribution in [0.15, 0.2) is 164 Å². The molecule has 0 radical (unpaired) electrons. The highest BCUT2D eigenvalue weighted by molar-refractivity contribution is 6.32. The SMILES string of the molecule is c1ccc(-c2cccc(-c3nc4ccccc4nc3-n3c4ccc5ccccc5c4c4c5ccccc5c5c(c43)C3(CCCCC3)c3ccccc3-5)c2)cc1. The van der Waals surface area contributed by atoms with Gasteiger partial charge in [-0.05, 0) is 92.0 Å². The van der Waals surface area contributed by atoms with Crippen LogP contribution < -0.4 is 0 Å². The number of rotatable bonds is 3. The first-order valence-corrected chi connectivity index (χ1v) is 19.7. The second-order valence-corrected chi connectivity index (χ2v) is 15.6. The van der Waals surface area contributed by atoms with E-state index in [4.69, 9.17) is 9.97 Å². The fourth-order valence-corrected chi connectivity index (χ4v) is 10.4. The van der Waals surface area contributed by atoms with Crippen LogP contribution in [0.3, 0.4) is 0 Å². The average Bonchev–Trinajstić information content (AvgIpc) is 3.75. The first kappa shape index (κ1) is 30.8. The normalized spacial score (nSPS) is 14.7. The Bertz CT molecular complexity index is 3180. The molecule has 1 spiro atoms. The van der Waals surface area contributed by atoms with E-state index in [0.717, 1.165) is 46.5 Å². The van der Waals surface area contributed by atoms with Gasteiger partial charge in [0.1, 0.15) is 5.69 Å². The minimum absolute atomic E-state index is 0.0912. The summed E-state index contributed by atoms with van der Waals surface area (Å²) in [5.74, 6) is 0.874. The molecule has 0 atom stereocenters. The van der Waals surface area contributed by atoms with Crippen LogP contribution in [0.2, 0.25) is 0 Å². The number of hydrogen-bond donors (Lipinski definition) is 0. The highest BCUT2D eigenvalue weighted by Crippen LogP contribution is 2.61. The number of aromatic nitrogens is 3. The zero-order valence-corrected chi connectivity index (χ0v) is 30.5. The van der Waals surface area contributed by atoms with Crippen molar-refractivity contribution < 1.29 is 0 Å². The third kappa shape index (κ3) is 4.32. The summed E-state index contributed by atoms with van der Waals surface area (Å²) >= 11 is 0. The molecular weight excluding hydrogens is 667 g/mol. The molecule has 0 saturated heterocycles. The van der Waals surface area contributed by atoms with Crippen LogP contribution in [-0.4, -0.2) is 14.5 Å². The van der Waals surface area contributed by atoms with Crippen molar-refractivity contribution in [1.82, 2.24) is 14.5 Å². The monoisotopic (exact) mass is 703 g/mol. The maximum Gasteiger partial charge on any atom is 0.165 e. The Morgan fingerprint density at radius 1 is 0.491 bits per heavy atom. The van der Waals surface area contributed by atoms with E-state index in [2.05, 4.69) is 168 Å². The Kier molecular flexibility index (Phi) is 6.56. The predicted octanol–water partition coefficient (Wildman–Crippen LogP) is 13.6. The van der Waals surface area contributed by atoms with E-state index >= 15 is 0 Å². The molecule has 1 saturated carbocycles. The lowest BCUT2D eigenvalue weighted by Crippen LogP contribution is -2.28. The second-order valence-electron chi connectivity index (χ2n) is 15.6. The van der Waals surface area contributed by atoms with E-state index in [1.54, 1.807) is 0 Å². The van der Waals surface area contributed by atoms with Gasteiger partial charge in [0.2, 0.25) is 0 Å². The van der Waals surface area contributed by atoms with Crippen LogP contribution in [-0.2, 0) is 5.41 Å². The van der Waals surface area contributed by atoms with Gasteiger partial charge in [-0.1, -0.05) is 159 Å². The zero-order valence-electron chi connectivity index (χ0n) is 30.5. The maximum absolute atomic E-state index is 5.67. The highest BCUT2D eigenvalue weighted by Gasteiger charge is 2.47. The van der Waals surface area contributed by atoms with E-state index in [1.807, 2.05) is 0 Å². The molecule has 0 amide bonds. The van der Waals surface area contributed by atoms with E-state index in [-0.39, 0.29) is 5.41 Å². The van der Waals surface area contributed by atoms with E-state index in [0.29, 0.717) is 0 Å². The predicted molar refractivity (Wildman–Crippen MR) is 229 cm³/mol. The van der Waals surface area contributed by atoms with Crippen LogP contribution >= 0.6 is 0 Å². The minimum atomic E-state index is -0.0912. The largest absolute Gasteiger partial charge is 0.292 e. The second kappa shape index (κ2) is 11.7. The van der Waals surface area contributed by atoms with Crippen LogP contribution in [0.25, 0.3) is 93.7 Å². The van der Waals surface area contributed by atoms with Crippen LogP contribution in [0.4, 0.5) is 0 Å². The fourth-order valence-electron chi connectivity index (χ4n) is 10.4. The summed E-state index contributed by atoms with van der Waals surface area (Å²) < 4.78 is 2.54. The lowest BCUT2D eigenvalue weighted by Gasteiger charge is -2.36. The number of benzene rings is 8. The molecule has 0 bridgehead atoms. The van der Waals surface area contributed by atoms with Gasteiger partial charge in [0.05, 0.1) is 22.1 Å². The number of nitrogens with zero attached hydrogens (tertiary/aromatic N) is 3. The first-order valence-electron chi connectivity index (χ1n) is 19.7. The fraction of sp³-hybridized carbons (Fsp3) is 0.115. The molecule has 2 aliphatic carbocycles. The van der Waals surface area contributed by atoms with Crippen molar-refractivity contribution in [3.8, 4) is 39.3 Å². The lowest BCUT2D eigenvalue weighted by molar-refractivity contribution is 0.354. The Labute approximate surface area is 319 Å². The van der Waals surface area contributed by atoms with Crippen LogP contribution in [0.1, 0.15) is 43.2 Å². The number of hydrogen-bond acceptors (Lipinski definition) is 2. The van der Waals surface area contributed by atoms with Crippen molar-refractivity contribution in [2.24, 2.45) is 0 Å². The molecule has 3 nitrogen and oxygen atoms in total. The average molecular weight is 704 g/mol. The standard InChI is InChI=1S/C52H37N3/c1-3-16-33(17-4-1)35-19-15-20-36(32-35)49-51(54-43-27-12-11-26-42(43)53-49)55-44-29-28-34-18-5-6-21-37(34)46(44)47-39-23-8-7-22-38(39)45-40-24-9-10-25-41(40)52(48(45)50(47)55)30-13-2-14-31-52/h1,3-12,15-29,32H,2,13-14,30-31H2. The molecule has 2 aromatic heterocycles. The van der Waals surface area contributed by atoms with Gasteiger partial charge in [-0.3, -0.25) is 4.57 Å². The van der Waals surface area contributed by atoms with Crippen molar-refractivity contribution in [2.45, 2.75) is 37.5 Å². The molecule has 0 N–H and O–H groups in total. The van der Waals surface area contributed by atoms with E-state index < -0.39 is 0 Å². The zero-order chi connectivity index (χ0) is 36.1. The molecule has 3 heteroatoms. The molecular formula is C52H37N3. The van der Waals surface area contributed by atoms with Crippen molar-refractivity contribution in [2.75, 3.05) is 0 Å². The maximum atomic E-state index is 5.67. The van der Waals surface area contributed by atoms with Gasteiger partial charge in [-0.15, -0.1) is 0 Å². The van der Waals surface area contributed by atoms with Crippen molar-refractivity contribution in [1.29, 1.82) is 0 Å². The third-order valence-corrected chi connectivity index (χ3v) is 12.7. The Hall–Kier alpha value is -6.58. The summed E-state index contributed by atoms with van der Waals surface area (Å²) in [6, 6.07) is 59.9. The van der Waals surface area contributed by atoms with Crippen LogP contribution in [0.5, 0.6) is 0 Å². The van der Waals surface area contributed by atoms with E-state index in [1.165, 1.54) is 90.4 Å². The topological polar surface area (TPSA) is 30.7 Å². The summed E-state index contributed by atoms with van der Waals surface area (Å²) in [4.78, 5) is 11.2. The molecule has 0 unspecified atom stereocenters. The number of fused-ring (bicyclic) bond motifs is 15. The molecule has 10 aromatic rings. The molecule has 2 heterocycles. The summed E-state index contributed by atoms with van der Waals surface area (Å²) in [5.41, 5.74) is 14.2. The highest BCUT2D eigenvalue weighted by atomic mass is 15.1. The Morgan fingerprint density at radius 2 is 1.16 bits per heavy atom. The minimum Gasteiger partial charge on any atom is -0.292 e. The number of para-hydroxylation sites is 2. The van der Waals surface area contributed by atoms with Gasteiger partial charge in [0.25, 0.3) is 0 Å². The molecule has 55 heavy (non-hydrogen) atoms. The van der Waals surface area contributed by atoms with Gasteiger partial charge >= 0.3 is 0 Å². The molecule has 2 aliphatic rings. The van der Waals surface area contributed by atoms with Gasteiger partial charge in [-0.2, -0.15) is 0 Å². The Morgan fingerprint density at radius 3 is 2.02 bits per heavy atom. The molecule has 0 aliphatic heterocycles. The van der Waals surface area contributed by atoms with Crippen LogP contribution in [0, 0.1) is 0 Å². The van der Waals surface area contributed by atoms with Gasteiger partial charge < -0.3 is 0 Å². The van der Waals surface area contributed by atoms with E-state index in [9.17, 15) is 0 Å². The van der Waals surface area contributed by atoms with Crippen molar-refractivity contribution in [3.63, 3.8) is 0 Å². The summed E-state index contributed by atoms with van der Waals surface area (Å²) in [7, 11) is 0. The van der Waals surface area contributed by atoms with Gasteiger partial charge in [0.15, 0.2) is 5.82 Å². The summed E-state index contributed by atoms with van der Waals surface area (Å²) in [6.45, 7) is 0. The van der Waals surface area contributed by atoms with Gasteiger partial charge in [-0.25, -0.2) is 9.97 Å². The quantitative estimate of drug-likeness (QED) is 0.183. The van der Waals surface area contributed by atoms with Crippen molar-refractivity contribution >= 4 is 54.4 Å². The van der Waals surface area contributed by atoms with Gasteiger partial charge in [0, 0.05) is 21.8 Å². The lowest BCUT2D eigenvalue weighted by atomic mass is 9.67.